The summed E-state index contributed by atoms with van der Waals surface area (Å²) in [6, 6.07) is 10.8. The van der Waals surface area contributed by atoms with Gasteiger partial charge in [0.15, 0.2) is 0 Å². The number of imidazole rings is 1. The van der Waals surface area contributed by atoms with Gasteiger partial charge < -0.3 is 0 Å². The van der Waals surface area contributed by atoms with Crippen LogP contribution >= 0.6 is 0 Å². The zero-order chi connectivity index (χ0) is 15.6. The van der Waals surface area contributed by atoms with Gasteiger partial charge in [-0.3, -0.25) is 0 Å². The van der Waals surface area contributed by atoms with E-state index in [1.807, 2.05) is 0 Å². The summed E-state index contributed by atoms with van der Waals surface area (Å²) in [5.41, 5.74) is 1.45. The van der Waals surface area contributed by atoms with Crippen LogP contribution in [0.15, 0.2) is 42.7 Å². The first-order valence-corrected chi connectivity index (χ1v) is 8.96. The van der Waals surface area contributed by atoms with Crippen molar-refractivity contribution >= 4 is 0 Å². The summed E-state index contributed by atoms with van der Waals surface area (Å²) in [6.45, 7) is 6.81. The highest BCUT2D eigenvalue weighted by atomic mass is 15.1. The zero-order valence-electron chi connectivity index (χ0n) is 14.3. The molecule has 1 heterocycles. The number of nitrogens with zero attached hydrogens (tertiary/aromatic N) is 2. The van der Waals surface area contributed by atoms with Crippen LogP contribution in [0.4, 0.5) is 0 Å². The van der Waals surface area contributed by atoms with E-state index in [1.54, 1.807) is 0 Å². The van der Waals surface area contributed by atoms with Crippen molar-refractivity contribution < 1.29 is 4.57 Å². The summed E-state index contributed by atoms with van der Waals surface area (Å²) in [6.07, 6.45) is 13.3. The van der Waals surface area contributed by atoms with E-state index in [1.165, 1.54) is 56.3 Å². The molecule has 1 aromatic heterocycles. The summed E-state index contributed by atoms with van der Waals surface area (Å²) in [7, 11) is 0. The minimum Gasteiger partial charge on any atom is -0.234 e. The molecule has 0 spiro atoms. The second-order valence-electron chi connectivity index (χ2n) is 6.15. The Balaban J connectivity index is 1.93. The Kier molecular flexibility index (Phi) is 7.21. The van der Waals surface area contributed by atoms with Gasteiger partial charge in [-0.25, -0.2) is 9.13 Å². The molecule has 0 saturated carbocycles. The van der Waals surface area contributed by atoms with Gasteiger partial charge in [-0.05, 0) is 31.2 Å². The van der Waals surface area contributed by atoms with E-state index in [2.05, 4.69) is 65.7 Å². The van der Waals surface area contributed by atoms with Crippen molar-refractivity contribution in [2.24, 2.45) is 0 Å². The number of benzene rings is 1. The highest BCUT2D eigenvalue weighted by Crippen LogP contribution is 2.08. The van der Waals surface area contributed by atoms with Crippen molar-refractivity contribution in [2.75, 3.05) is 0 Å². The van der Waals surface area contributed by atoms with Crippen LogP contribution in [0, 0.1) is 0 Å². The van der Waals surface area contributed by atoms with Crippen molar-refractivity contribution in [1.29, 1.82) is 0 Å². The SMILES string of the molecule is CCCCCc1n(CCCc2ccccc2)cc[n+]1CCC. The van der Waals surface area contributed by atoms with Crippen LogP contribution in [0.1, 0.15) is 57.3 Å². The molecule has 0 radical (unpaired) electrons. The highest BCUT2D eigenvalue weighted by molar-refractivity contribution is 5.14. The van der Waals surface area contributed by atoms with Gasteiger partial charge in [0.2, 0.25) is 0 Å². The number of hydrogen-bond acceptors (Lipinski definition) is 0. The van der Waals surface area contributed by atoms with Gasteiger partial charge in [-0.2, -0.15) is 0 Å². The first kappa shape index (κ1) is 16.8. The summed E-state index contributed by atoms with van der Waals surface area (Å²) in [5.74, 6) is 1.52. The van der Waals surface area contributed by atoms with Gasteiger partial charge in [0.1, 0.15) is 12.4 Å². The molecule has 2 aromatic rings. The van der Waals surface area contributed by atoms with Gasteiger partial charge in [0, 0.05) is 6.42 Å². The average molecular weight is 299 g/mol. The first-order chi connectivity index (χ1) is 10.8. The predicted molar refractivity (Wildman–Crippen MR) is 92.9 cm³/mol. The molecule has 0 aliphatic carbocycles. The Labute approximate surface area is 135 Å². The Morgan fingerprint density at radius 3 is 2.45 bits per heavy atom. The van der Waals surface area contributed by atoms with E-state index in [-0.39, 0.29) is 0 Å². The largest absolute Gasteiger partial charge is 0.256 e. The first-order valence-electron chi connectivity index (χ1n) is 8.96. The normalized spacial score (nSPS) is 11.0. The highest BCUT2D eigenvalue weighted by Gasteiger charge is 2.15. The zero-order valence-corrected chi connectivity index (χ0v) is 14.3. The van der Waals surface area contributed by atoms with Crippen molar-refractivity contribution in [3.63, 3.8) is 0 Å². The molecule has 0 unspecified atom stereocenters. The summed E-state index contributed by atoms with van der Waals surface area (Å²) < 4.78 is 4.94. The maximum Gasteiger partial charge on any atom is 0.256 e. The van der Waals surface area contributed by atoms with Crippen molar-refractivity contribution in [3.8, 4) is 0 Å². The molecule has 0 N–H and O–H groups in total. The number of aryl methyl sites for hydroxylation is 3. The van der Waals surface area contributed by atoms with Gasteiger partial charge in [-0.15, -0.1) is 0 Å². The quantitative estimate of drug-likeness (QED) is 0.449. The van der Waals surface area contributed by atoms with Crippen LogP contribution in [0.3, 0.4) is 0 Å². The van der Waals surface area contributed by atoms with Crippen LogP contribution < -0.4 is 4.57 Å². The summed E-state index contributed by atoms with van der Waals surface area (Å²) >= 11 is 0. The van der Waals surface area contributed by atoms with Crippen molar-refractivity contribution in [3.05, 3.63) is 54.1 Å². The van der Waals surface area contributed by atoms with Crippen molar-refractivity contribution in [2.45, 2.75) is 71.9 Å². The number of hydrogen-bond donors (Lipinski definition) is 0. The van der Waals surface area contributed by atoms with Crippen LogP contribution in [-0.2, 0) is 25.9 Å². The summed E-state index contributed by atoms with van der Waals surface area (Å²) in [4.78, 5) is 0. The second kappa shape index (κ2) is 9.45. The molecular weight excluding hydrogens is 268 g/mol. The fourth-order valence-electron chi connectivity index (χ4n) is 3.06. The fourth-order valence-corrected chi connectivity index (χ4v) is 3.06. The van der Waals surface area contributed by atoms with E-state index in [0.717, 1.165) is 13.1 Å². The number of unbranched alkanes of at least 4 members (excludes halogenated alkanes) is 2. The summed E-state index contributed by atoms with van der Waals surface area (Å²) in [5, 5.41) is 0. The van der Waals surface area contributed by atoms with E-state index in [4.69, 9.17) is 0 Å². The Bertz CT molecular complexity index is 528. The third-order valence-electron chi connectivity index (χ3n) is 4.27. The Hall–Kier alpha value is -1.57. The fraction of sp³-hybridized carbons (Fsp3) is 0.550. The van der Waals surface area contributed by atoms with Crippen LogP contribution in [0.5, 0.6) is 0 Å². The van der Waals surface area contributed by atoms with E-state index < -0.39 is 0 Å². The Morgan fingerprint density at radius 2 is 1.73 bits per heavy atom. The lowest BCUT2D eigenvalue weighted by Crippen LogP contribution is -2.37. The molecular formula is C20H31N2+. The third kappa shape index (κ3) is 5.01. The van der Waals surface area contributed by atoms with Crippen LogP contribution in [0.2, 0.25) is 0 Å². The number of aromatic nitrogens is 2. The predicted octanol–water partition coefficient (Wildman–Crippen LogP) is 4.55. The maximum atomic E-state index is 2.48. The minimum absolute atomic E-state index is 1.13. The topological polar surface area (TPSA) is 8.81 Å². The molecule has 0 aliphatic heterocycles. The van der Waals surface area contributed by atoms with Gasteiger partial charge in [0.05, 0.1) is 13.1 Å². The molecule has 0 bridgehead atoms. The van der Waals surface area contributed by atoms with Crippen molar-refractivity contribution in [1.82, 2.24) is 4.57 Å². The molecule has 0 fully saturated rings. The Morgan fingerprint density at radius 1 is 0.909 bits per heavy atom. The van der Waals surface area contributed by atoms with Gasteiger partial charge in [0.25, 0.3) is 5.82 Å². The lowest BCUT2D eigenvalue weighted by molar-refractivity contribution is -0.703. The maximum absolute atomic E-state index is 2.48. The molecule has 2 rings (SSSR count). The van der Waals surface area contributed by atoms with Crippen LogP contribution in [-0.4, -0.2) is 4.57 Å². The molecule has 1 aromatic carbocycles. The van der Waals surface area contributed by atoms with E-state index >= 15 is 0 Å². The molecule has 0 atom stereocenters. The molecule has 2 heteroatoms. The van der Waals surface area contributed by atoms with Gasteiger partial charge >= 0.3 is 0 Å². The molecule has 2 nitrogen and oxygen atoms in total. The van der Waals surface area contributed by atoms with Gasteiger partial charge in [-0.1, -0.05) is 57.0 Å². The second-order valence-corrected chi connectivity index (χ2v) is 6.15. The average Bonchev–Trinajstić information content (AvgIpc) is 2.92. The lowest BCUT2D eigenvalue weighted by Gasteiger charge is -2.05. The number of rotatable bonds is 10. The smallest absolute Gasteiger partial charge is 0.234 e. The molecule has 22 heavy (non-hydrogen) atoms. The minimum atomic E-state index is 1.13. The van der Waals surface area contributed by atoms with E-state index in [0.29, 0.717) is 0 Å². The monoisotopic (exact) mass is 299 g/mol. The molecule has 120 valence electrons. The third-order valence-corrected chi connectivity index (χ3v) is 4.27. The van der Waals surface area contributed by atoms with E-state index in [9.17, 15) is 0 Å². The van der Waals surface area contributed by atoms with Crippen LogP contribution in [0.25, 0.3) is 0 Å². The molecule has 0 aliphatic rings. The molecule has 0 amide bonds. The lowest BCUT2D eigenvalue weighted by atomic mass is 10.1. The standard InChI is InChI=1S/C20H31N2/c1-3-5-7-14-20-21(15-4-2)17-18-22(20)16-10-13-19-11-8-6-9-12-19/h6,8-9,11-12,17-18H,3-5,7,10,13-16H2,1-2H3/q+1. The molecule has 0 saturated heterocycles.